The van der Waals surface area contributed by atoms with Gasteiger partial charge in [0.2, 0.25) is 70.9 Å². The minimum Gasteiger partial charge on any atom is -0.343 e. The number of likely N-dealkylation sites (N-methyl/N-ethyl adjacent to an activating group) is 7. The zero-order valence-corrected chi connectivity index (χ0v) is 58.5. The maximum absolute atomic E-state index is 15.3. The molecular formula is C68H98ClF3N12O12. The summed E-state index contributed by atoms with van der Waals surface area (Å²) in [6.07, 6.45) is -1.45. The maximum Gasteiger partial charge on any atom is 0.417 e. The summed E-state index contributed by atoms with van der Waals surface area (Å²) in [5, 5.41) is 7.95. The molecule has 24 nitrogen and oxygen atoms in total. The van der Waals surface area contributed by atoms with Gasteiger partial charge in [-0.3, -0.25) is 57.5 Å². The van der Waals surface area contributed by atoms with Crippen molar-refractivity contribution in [2.24, 2.45) is 11.8 Å². The molecule has 2 aromatic rings. The van der Waals surface area contributed by atoms with Crippen LogP contribution in [0.4, 0.5) is 13.2 Å². The highest BCUT2D eigenvalue weighted by atomic mass is 35.5. The summed E-state index contributed by atoms with van der Waals surface area (Å²) in [4.78, 5) is 187. The Morgan fingerprint density at radius 1 is 0.635 bits per heavy atom. The van der Waals surface area contributed by atoms with Gasteiger partial charge in [-0.2, -0.15) is 13.2 Å². The number of likely N-dealkylation sites (tertiary alicyclic amines) is 1. The molecule has 12 amide bonds. The maximum atomic E-state index is 15.3. The molecule has 4 aliphatic rings. The molecule has 530 valence electrons. The van der Waals surface area contributed by atoms with Gasteiger partial charge in [0.15, 0.2) is 0 Å². The average Bonchev–Trinajstić information content (AvgIpc) is 1.45. The number of carbonyl (C=O) groups is 12. The van der Waals surface area contributed by atoms with E-state index in [1.165, 1.54) is 79.0 Å². The van der Waals surface area contributed by atoms with E-state index in [0.29, 0.717) is 57.2 Å². The number of fused-ring (bicyclic) bond motifs is 1. The third-order valence-electron chi connectivity index (χ3n) is 19.9. The highest BCUT2D eigenvalue weighted by Crippen LogP contribution is 2.37. The van der Waals surface area contributed by atoms with Crippen molar-refractivity contribution >= 4 is 82.5 Å². The van der Waals surface area contributed by atoms with Gasteiger partial charge in [0, 0.05) is 75.4 Å². The smallest absolute Gasteiger partial charge is 0.343 e. The van der Waals surface area contributed by atoms with Crippen molar-refractivity contribution < 1.29 is 70.7 Å². The van der Waals surface area contributed by atoms with Crippen molar-refractivity contribution in [2.75, 3.05) is 82.1 Å². The van der Waals surface area contributed by atoms with Crippen LogP contribution in [0.2, 0.25) is 5.02 Å². The Morgan fingerprint density at radius 2 is 1.24 bits per heavy atom. The van der Waals surface area contributed by atoms with E-state index in [4.69, 9.17) is 11.6 Å². The molecular weight excluding hydrogens is 1270 g/mol. The van der Waals surface area contributed by atoms with Gasteiger partial charge in [-0.25, -0.2) is 0 Å². The van der Waals surface area contributed by atoms with E-state index in [0.717, 1.165) is 48.0 Å². The van der Waals surface area contributed by atoms with Gasteiger partial charge in [0.25, 0.3) is 0 Å². The van der Waals surface area contributed by atoms with Crippen LogP contribution in [-0.4, -0.2) is 251 Å². The van der Waals surface area contributed by atoms with Crippen LogP contribution in [0.5, 0.6) is 0 Å². The summed E-state index contributed by atoms with van der Waals surface area (Å²) in [6.45, 7) is 9.39. The lowest BCUT2D eigenvalue weighted by Crippen LogP contribution is -2.65. The topological polar surface area (TPSA) is 270 Å². The van der Waals surface area contributed by atoms with Crippen molar-refractivity contribution in [2.45, 2.75) is 191 Å². The molecule has 6 rings (SSSR count). The number of hydrogen-bond acceptors (Lipinski definition) is 12. The summed E-state index contributed by atoms with van der Waals surface area (Å²) in [5.74, 6) is -9.45. The predicted molar refractivity (Wildman–Crippen MR) is 352 cm³/mol. The quantitative estimate of drug-likeness (QED) is 0.320. The molecule has 3 saturated heterocycles. The first-order valence-electron chi connectivity index (χ1n) is 33.3. The van der Waals surface area contributed by atoms with E-state index in [-0.39, 0.29) is 50.6 Å². The molecule has 2 aromatic carbocycles. The standard InChI is InChI=1S/C68H98ClF3N12O12/c1-14-42(4)56-64(94)77(8)39-54(86)76(7)40-55(87)80(11)51(37-45-24-17-15-18-25-45)62(92)79(10)44(6)58(88)73-49(30-28-46-27-29-47(48(69)36-46)68(70,71)72)61(91)84-35-23-26-50(84)60(90)75-67(31-19-20-32-67)66(96)82(13)57(41(2)3)65(95)81(12)52(63(93)83-33-21-16-22-34-83)38-53(85)78(9)43(5)59(89)74-56/h15,17-18,24-25,27,29,36,41-44,49-52,56-57H,14,16,19-23,26,28,30-35,37-40H2,1-13H3,(H,73,88)(H,74,89)(H,75,90)/t42-,43-,44+,49-,50-,51-,52-,56-,57-/m0/s1. The SMILES string of the molecule is CC[C@H](C)[C@@H]1NC(=O)[C@H](C)N(C)C(=O)C[C@@H](C(=O)N2CCCCC2)N(C)C(=O)[C@H](C(C)C)N(C)C(=O)C2(CCCC2)NC(=O)[C@@H]2CCCN2C(=O)[C@H](CCc2ccc(C(F)(F)F)c(Cl)c2)NC(=O)[C@@H](C)N(C)C(=O)[C@H](Cc2ccccc2)N(C)C(=O)CN(C)C(=O)CN(C)C1=O. The number of rotatable bonds is 9. The Hall–Kier alpha value is -7.84. The number of carbonyl (C=O) groups excluding carboxylic acids is 12. The lowest BCUT2D eigenvalue weighted by atomic mass is 9.91. The lowest BCUT2D eigenvalue weighted by Gasteiger charge is -2.42. The van der Waals surface area contributed by atoms with Crippen LogP contribution in [0.25, 0.3) is 0 Å². The number of benzene rings is 2. The molecule has 4 fully saturated rings. The third-order valence-corrected chi connectivity index (χ3v) is 20.2. The van der Waals surface area contributed by atoms with Gasteiger partial charge in [0.1, 0.15) is 53.9 Å². The van der Waals surface area contributed by atoms with Crippen LogP contribution < -0.4 is 16.0 Å². The van der Waals surface area contributed by atoms with Crippen LogP contribution in [-0.2, 0) is 76.6 Å². The molecule has 1 spiro atoms. The number of nitrogens with zero attached hydrogens (tertiary/aromatic N) is 9. The number of alkyl halides is 3. The van der Waals surface area contributed by atoms with Crippen molar-refractivity contribution in [3.8, 4) is 0 Å². The second kappa shape index (κ2) is 33.4. The van der Waals surface area contributed by atoms with Crippen LogP contribution in [0, 0.1) is 11.8 Å². The number of amides is 12. The van der Waals surface area contributed by atoms with Gasteiger partial charge >= 0.3 is 6.18 Å². The second-order valence-electron chi connectivity index (χ2n) is 26.9. The molecule has 1 saturated carbocycles. The minimum absolute atomic E-state index is 0.0119. The van der Waals surface area contributed by atoms with E-state index in [2.05, 4.69) is 16.0 Å². The molecule has 3 heterocycles. The predicted octanol–water partition coefficient (Wildman–Crippen LogP) is 4.13. The van der Waals surface area contributed by atoms with Crippen LogP contribution in [0.3, 0.4) is 0 Å². The minimum atomic E-state index is -4.77. The number of hydrogen-bond donors (Lipinski definition) is 3. The molecule has 0 aromatic heterocycles. The van der Waals surface area contributed by atoms with Crippen molar-refractivity contribution in [1.82, 2.24) is 60.0 Å². The fraction of sp³-hybridized carbons (Fsp3) is 0.647. The average molecular weight is 1370 g/mol. The summed E-state index contributed by atoms with van der Waals surface area (Å²) >= 11 is 6.14. The lowest BCUT2D eigenvalue weighted by molar-refractivity contribution is -0.156. The zero-order valence-electron chi connectivity index (χ0n) is 57.8. The van der Waals surface area contributed by atoms with Crippen LogP contribution in [0.15, 0.2) is 48.5 Å². The number of aryl methyl sites for hydroxylation is 1. The molecule has 3 N–H and O–H groups in total. The van der Waals surface area contributed by atoms with Crippen LogP contribution in [0.1, 0.15) is 135 Å². The van der Waals surface area contributed by atoms with E-state index in [9.17, 15) is 56.3 Å². The van der Waals surface area contributed by atoms with Crippen LogP contribution >= 0.6 is 11.6 Å². The molecule has 3 aliphatic heterocycles. The van der Waals surface area contributed by atoms with Gasteiger partial charge < -0.3 is 60.0 Å². The van der Waals surface area contributed by atoms with E-state index in [1.54, 1.807) is 62.9 Å². The normalized spacial score (nSPS) is 26.0. The van der Waals surface area contributed by atoms with Crippen molar-refractivity contribution in [3.63, 3.8) is 0 Å². The van der Waals surface area contributed by atoms with Crippen molar-refractivity contribution in [3.05, 3.63) is 70.2 Å². The highest BCUT2D eigenvalue weighted by molar-refractivity contribution is 6.31. The molecule has 0 radical (unpaired) electrons. The van der Waals surface area contributed by atoms with E-state index in [1.807, 2.05) is 0 Å². The van der Waals surface area contributed by atoms with Gasteiger partial charge in [-0.05, 0) is 107 Å². The Labute approximate surface area is 566 Å². The Bertz CT molecular complexity index is 3180. The Balaban J connectivity index is 1.41. The number of nitrogens with one attached hydrogen (secondary N) is 3. The van der Waals surface area contributed by atoms with Gasteiger partial charge in [-0.1, -0.05) is 95.0 Å². The molecule has 0 bridgehead atoms. The van der Waals surface area contributed by atoms with Gasteiger partial charge in [-0.15, -0.1) is 0 Å². The third kappa shape index (κ3) is 18.4. The Kier molecular flexibility index (Phi) is 26.9. The summed E-state index contributed by atoms with van der Waals surface area (Å²) in [6, 6.07) is 1.33. The first kappa shape index (κ1) is 77.2. The van der Waals surface area contributed by atoms with Crippen molar-refractivity contribution in [1.29, 1.82) is 0 Å². The largest absolute Gasteiger partial charge is 0.417 e. The van der Waals surface area contributed by atoms with E-state index >= 15 is 14.4 Å². The second-order valence-corrected chi connectivity index (χ2v) is 27.3. The number of halogens is 4. The number of piperidine rings is 1. The highest BCUT2D eigenvalue weighted by Gasteiger charge is 2.51. The molecule has 28 heteroatoms. The van der Waals surface area contributed by atoms with Gasteiger partial charge in [0.05, 0.1) is 30.1 Å². The fourth-order valence-corrected chi connectivity index (χ4v) is 13.5. The first-order chi connectivity index (χ1) is 45.1. The molecule has 9 atom stereocenters. The summed E-state index contributed by atoms with van der Waals surface area (Å²) in [7, 11) is 9.57. The molecule has 0 unspecified atom stereocenters. The molecule has 1 aliphatic carbocycles. The zero-order chi connectivity index (χ0) is 71.4. The Morgan fingerprint density at radius 3 is 1.83 bits per heavy atom. The summed E-state index contributed by atoms with van der Waals surface area (Å²) in [5.41, 5.74) is -1.77. The fourth-order valence-electron chi connectivity index (χ4n) is 13.1. The first-order valence-corrected chi connectivity index (χ1v) is 33.7. The molecule has 96 heavy (non-hydrogen) atoms. The monoisotopic (exact) mass is 1370 g/mol. The summed E-state index contributed by atoms with van der Waals surface area (Å²) < 4.78 is 41.5. The van der Waals surface area contributed by atoms with E-state index < -0.39 is 173 Å².